The van der Waals surface area contributed by atoms with E-state index < -0.39 is 29.5 Å². The third-order valence-electron chi connectivity index (χ3n) is 5.73. The molecule has 0 radical (unpaired) electrons. The van der Waals surface area contributed by atoms with Crippen molar-refractivity contribution in [2.24, 2.45) is 0 Å². The van der Waals surface area contributed by atoms with Gasteiger partial charge in [0.1, 0.15) is 6.04 Å². The summed E-state index contributed by atoms with van der Waals surface area (Å²) in [7, 11) is 0. The van der Waals surface area contributed by atoms with E-state index in [2.05, 4.69) is 5.32 Å². The Kier molecular flexibility index (Phi) is 9.33. The predicted molar refractivity (Wildman–Crippen MR) is 137 cm³/mol. The van der Waals surface area contributed by atoms with Gasteiger partial charge in [-0.2, -0.15) is 31.4 Å². The number of hydrogen-bond donors (Lipinski definition) is 1. The van der Waals surface area contributed by atoms with Gasteiger partial charge in [-0.05, 0) is 45.7 Å². The summed E-state index contributed by atoms with van der Waals surface area (Å²) in [5.41, 5.74) is -0.0869. The highest BCUT2D eigenvalue weighted by atomic mass is 32.1. The standard InChI is InChI=1S/C27H26F6N2OS/c1-3-35(4-2)36-17-20-13-12-18(22-10-5-6-11-23(20)22)14-15-24(37)34-25(27(31,32)33)19-8-7-9-21(16-19)26(28,29)30/h5-16,25H,3-4,17H2,1-2H3,(H,34,37)/b15-14+. The van der Waals surface area contributed by atoms with E-state index in [1.54, 1.807) is 6.08 Å². The Labute approximate surface area is 216 Å². The van der Waals surface area contributed by atoms with Crippen LogP contribution >= 0.6 is 12.2 Å². The van der Waals surface area contributed by atoms with Crippen molar-refractivity contribution < 1.29 is 31.2 Å². The van der Waals surface area contributed by atoms with Gasteiger partial charge in [-0.25, -0.2) is 0 Å². The number of thiocarbonyl (C=S) groups is 1. The van der Waals surface area contributed by atoms with Crippen LogP contribution < -0.4 is 5.32 Å². The highest BCUT2D eigenvalue weighted by Gasteiger charge is 2.42. The highest BCUT2D eigenvalue weighted by Crippen LogP contribution is 2.36. The molecule has 0 aliphatic carbocycles. The Hall–Kier alpha value is -2.95. The number of hydrogen-bond acceptors (Lipinski definition) is 3. The molecular formula is C27H26F6N2OS. The summed E-state index contributed by atoms with van der Waals surface area (Å²) in [6.07, 6.45) is -6.76. The Morgan fingerprint density at radius 1 is 0.946 bits per heavy atom. The molecule has 0 aromatic heterocycles. The lowest BCUT2D eigenvalue weighted by atomic mass is 9.99. The van der Waals surface area contributed by atoms with Crippen LogP contribution in [0.25, 0.3) is 16.8 Å². The van der Waals surface area contributed by atoms with Crippen molar-refractivity contribution in [2.45, 2.75) is 38.8 Å². The molecule has 3 aromatic rings. The molecule has 0 saturated carbocycles. The van der Waals surface area contributed by atoms with Crippen LogP contribution in [0, 0.1) is 0 Å². The number of benzene rings is 3. The van der Waals surface area contributed by atoms with Crippen LogP contribution in [-0.2, 0) is 17.6 Å². The minimum absolute atomic E-state index is 0.266. The average Bonchev–Trinajstić information content (AvgIpc) is 2.86. The number of halogens is 6. The van der Waals surface area contributed by atoms with Gasteiger partial charge in [-0.1, -0.05) is 80.7 Å². The fourth-order valence-electron chi connectivity index (χ4n) is 3.83. The Morgan fingerprint density at radius 2 is 1.62 bits per heavy atom. The van der Waals surface area contributed by atoms with E-state index in [9.17, 15) is 26.3 Å². The van der Waals surface area contributed by atoms with Crippen molar-refractivity contribution in [3.05, 3.63) is 89.0 Å². The number of hydroxylamine groups is 2. The first kappa shape index (κ1) is 28.6. The van der Waals surface area contributed by atoms with E-state index in [0.29, 0.717) is 18.2 Å². The molecule has 0 saturated heterocycles. The van der Waals surface area contributed by atoms with Crippen LogP contribution in [0.4, 0.5) is 26.3 Å². The largest absolute Gasteiger partial charge is 0.416 e. The molecule has 0 heterocycles. The van der Waals surface area contributed by atoms with Crippen molar-refractivity contribution in [1.82, 2.24) is 10.4 Å². The molecule has 3 rings (SSSR count). The molecule has 3 nitrogen and oxygen atoms in total. The average molecular weight is 541 g/mol. The van der Waals surface area contributed by atoms with E-state index in [1.165, 1.54) is 6.08 Å². The van der Waals surface area contributed by atoms with Gasteiger partial charge in [0.05, 0.1) is 17.2 Å². The van der Waals surface area contributed by atoms with Crippen molar-refractivity contribution in [2.75, 3.05) is 13.1 Å². The third-order valence-corrected chi connectivity index (χ3v) is 5.99. The van der Waals surface area contributed by atoms with Crippen molar-refractivity contribution >= 4 is 34.1 Å². The molecular weight excluding hydrogens is 514 g/mol. The van der Waals surface area contributed by atoms with E-state index in [4.69, 9.17) is 17.1 Å². The first-order valence-corrected chi connectivity index (χ1v) is 12.0. The SMILES string of the molecule is CCN(CC)OCc1ccc(/C=C/C(=S)NC(c2cccc(C(F)(F)F)c2)C(F)(F)F)c2ccccc12. The molecule has 1 unspecified atom stereocenters. The van der Waals surface area contributed by atoms with E-state index in [-0.39, 0.29) is 4.99 Å². The maximum atomic E-state index is 13.7. The van der Waals surface area contributed by atoms with Gasteiger partial charge in [0.2, 0.25) is 0 Å². The lowest BCUT2D eigenvalue weighted by molar-refractivity contribution is -0.163. The lowest BCUT2D eigenvalue weighted by Crippen LogP contribution is -2.36. The summed E-state index contributed by atoms with van der Waals surface area (Å²) < 4.78 is 80.3. The lowest BCUT2D eigenvalue weighted by Gasteiger charge is -2.23. The van der Waals surface area contributed by atoms with E-state index >= 15 is 0 Å². The van der Waals surface area contributed by atoms with Gasteiger partial charge < -0.3 is 5.32 Å². The smallest absolute Gasteiger partial charge is 0.361 e. The molecule has 10 heteroatoms. The summed E-state index contributed by atoms with van der Waals surface area (Å²) in [4.78, 5) is 5.56. The zero-order chi connectivity index (χ0) is 27.2. The van der Waals surface area contributed by atoms with Gasteiger partial charge in [0.25, 0.3) is 0 Å². The fraction of sp³-hybridized carbons (Fsp3) is 0.296. The molecule has 1 N–H and O–H groups in total. The summed E-state index contributed by atoms with van der Waals surface area (Å²) in [6.45, 7) is 5.81. The van der Waals surface area contributed by atoms with Crippen LogP contribution in [0.3, 0.4) is 0 Å². The van der Waals surface area contributed by atoms with Crippen LogP contribution in [0.2, 0.25) is 0 Å². The maximum absolute atomic E-state index is 13.7. The Balaban J connectivity index is 1.83. The number of nitrogens with one attached hydrogen (secondary N) is 1. The molecule has 0 spiro atoms. The first-order chi connectivity index (χ1) is 17.4. The number of fused-ring (bicyclic) bond motifs is 1. The second-order valence-corrected chi connectivity index (χ2v) is 8.63. The summed E-state index contributed by atoms with van der Waals surface area (Å²) >= 11 is 5.10. The van der Waals surface area contributed by atoms with Gasteiger partial charge in [0, 0.05) is 13.1 Å². The normalized spacial score (nSPS) is 13.4. The van der Waals surface area contributed by atoms with Crippen LogP contribution in [0.5, 0.6) is 0 Å². The first-order valence-electron chi connectivity index (χ1n) is 11.5. The van der Waals surface area contributed by atoms with E-state index in [1.807, 2.05) is 55.3 Å². The molecule has 0 fully saturated rings. The van der Waals surface area contributed by atoms with Gasteiger partial charge in [-0.3, -0.25) is 4.84 Å². The molecule has 37 heavy (non-hydrogen) atoms. The number of alkyl halides is 6. The molecule has 0 bridgehead atoms. The minimum atomic E-state index is -4.87. The van der Waals surface area contributed by atoms with Crippen LogP contribution in [-0.4, -0.2) is 29.3 Å². The Bertz CT molecular complexity index is 1250. The molecule has 1 atom stereocenters. The fourth-order valence-corrected chi connectivity index (χ4v) is 4.01. The summed E-state index contributed by atoms with van der Waals surface area (Å²) in [5, 5.41) is 5.76. The maximum Gasteiger partial charge on any atom is 0.416 e. The summed E-state index contributed by atoms with van der Waals surface area (Å²) in [6, 6.07) is 12.0. The van der Waals surface area contributed by atoms with Gasteiger partial charge in [-0.15, -0.1) is 0 Å². The minimum Gasteiger partial charge on any atom is -0.361 e. The zero-order valence-corrected chi connectivity index (χ0v) is 21.0. The molecule has 3 aromatic carbocycles. The molecule has 0 aliphatic heterocycles. The highest BCUT2D eigenvalue weighted by molar-refractivity contribution is 7.80. The summed E-state index contributed by atoms with van der Waals surface area (Å²) in [5.74, 6) is 0. The molecule has 198 valence electrons. The van der Waals surface area contributed by atoms with Crippen molar-refractivity contribution in [1.29, 1.82) is 0 Å². The van der Waals surface area contributed by atoms with Crippen LogP contribution in [0.15, 0.2) is 66.7 Å². The monoisotopic (exact) mass is 540 g/mol. The number of rotatable bonds is 9. The van der Waals surface area contributed by atoms with Crippen molar-refractivity contribution in [3.8, 4) is 0 Å². The quantitative estimate of drug-likeness (QED) is 0.129. The van der Waals surface area contributed by atoms with Crippen molar-refractivity contribution in [3.63, 3.8) is 0 Å². The van der Waals surface area contributed by atoms with Gasteiger partial charge in [0.15, 0.2) is 0 Å². The second-order valence-electron chi connectivity index (χ2n) is 8.19. The van der Waals surface area contributed by atoms with Gasteiger partial charge >= 0.3 is 12.4 Å². The third kappa shape index (κ3) is 7.53. The van der Waals surface area contributed by atoms with Crippen LogP contribution in [0.1, 0.15) is 42.1 Å². The number of nitrogens with zero attached hydrogens (tertiary/aromatic N) is 1. The zero-order valence-electron chi connectivity index (χ0n) is 20.2. The van der Waals surface area contributed by atoms with E-state index in [0.717, 1.165) is 47.6 Å². The predicted octanol–water partition coefficient (Wildman–Crippen LogP) is 7.87. The molecule has 0 amide bonds. The topological polar surface area (TPSA) is 24.5 Å². The Morgan fingerprint density at radius 3 is 2.24 bits per heavy atom. The molecule has 0 aliphatic rings. The second kappa shape index (κ2) is 12.1.